The first-order chi connectivity index (χ1) is 30.9. The van der Waals surface area contributed by atoms with E-state index >= 15 is 0 Å². The Bertz CT molecular complexity index is 1740. The highest BCUT2D eigenvalue weighted by Gasteiger charge is 2.53. The summed E-state index contributed by atoms with van der Waals surface area (Å²) >= 11 is 0. The van der Waals surface area contributed by atoms with Crippen molar-refractivity contribution >= 4 is 35.3 Å². The van der Waals surface area contributed by atoms with Crippen LogP contribution >= 0.6 is 0 Å². The van der Waals surface area contributed by atoms with Crippen LogP contribution in [0.15, 0.2) is 54.6 Å². The van der Waals surface area contributed by atoms with Crippen molar-refractivity contribution in [2.45, 2.75) is 31.2 Å². The number of Topliss-reactive ketones (excluding diaryl/α,β-unsaturated/α-hetero) is 1. The number of carbonyl (C=O) groups excluding carboxylic acids is 2. The second kappa shape index (κ2) is 26.4. The van der Waals surface area contributed by atoms with Gasteiger partial charge in [-0.1, -0.05) is 18.2 Å². The van der Waals surface area contributed by atoms with E-state index in [9.17, 15) is 43.7 Å². The number of carboxylic acids is 3. The van der Waals surface area contributed by atoms with Crippen LogP contribution in [0.2, 0.25) is 0 Å². The van der Waals surface area contributed by atoms with E-state index in [4.69, 9.17) is 14.2 Å². The lowest BCUT2D eigenvalue weighted by Crippen LogP contribution is -2.56. The Labute approximate surface area is 375 Å². The predicted octanol–water partition coefficient (Wildman–Crippen LogP) is 1.45. The molecule has 2 aromatic carbocycles. The minimum atomic E-state index is -0.997. The van der Waals surface area contributed by atoms with Crippen molar-refractivity contribution in [2.75, 3.05) is 156 Å². The molecule has 3 aliphatic heterocycles. The number of rotatable bonds is 24. The van der Waals surface area contributed by atoms with E-state index in [0.29, 0.717) is 143 Å². The number of carboxylic acid groups (broad SMARTS) is 3. The molecule has 0 bridgehead atoms. The van der Waals surface area contributed by atoms with Gasteiger partial charge < -0.3 is 44.2 Å². The molecule has 5 rings (SSSR count). The van der Waals surface area contributed by atoms with Gasteiger partial charge in [0.2, 0.25) is 5.91 Å². The molecule has 0 aromatic heterocycles. The van der Waals surface area contributed by atoms with Crippen LogP contribution in [0.4, 0.5) is 10.1 Å². The Morgan fingerprint density at radius 2 is 1.02 bits per heavy atom. The Hall–Kier alpha value is -4.60. The third-order valence-corrected chi connectivity index (χ3v) is 12.1. The zero-order valence-corrected chi connectivity index (χ0v) is 36.9. The fraction of sp³-hybridized carbons (Fsp3) is 0.622. The monoisotopic (exact) mass is 899 g/mol. The van der Waals surface area contributed by atoms with Crippen molar-refractivity contribution in [3.63, 3.8) is 0 Å². The van der Waals surface area contributed by atoms with Crippen molar-refractivity contribution in [3.8, 4) is 0 Å². The van der Waals surface area contributed by atoms with Crippen molar-refractivity contribution in [3.05, 3.63) is 66.0 Å². The normalized spacial score (nSPS) is 18.9. The molecule has 3 saturated heterocycles. The van der Waals surface area contributed by atoms with E-state index < -0.39 is 23.4 Å². The number of para-hydroxylation sites is 1. The molecule has 0 radical (unpaired) electrons. The van der Waals surface area contributed by atoms with E-state index in [1.165, 1.54) is 24.3 Å². The fourth-order valence-electron chi connectivity index (χ4n) is 8.52. The number of likely N-dealkylation sites (tertiary alicyclic amines) is 1. The van der Waals surface area contributed by atoms with Crippen LogP contribution in [0.3, 0.4) is 0 Å². The summed E-state index contributed by atoms with van der Waals surface area (Å²) in [5.41, 5.74) is 0.872. The van der Waals surface area contributed by atoms with E-state index in [-0.39, 0.29) is 37.1 Å². The molecule has 18 nitrogen and oxygen atoms in total. The molecule has 1 amide bonds. The molecule has 0 aliphatic carbocycles. The largest absolute Gasteiger partial charge is 0.480 e. The quantitative estimate of drug-likeness (QED) is 0.101. The maximum Gasteiger partial charge on any atom is 0.317 e. The van der Waals surface area contributed by atoms with Gasteiger partial charge in [-0.15, -0.1) is 0 Å². The molecule has 3 aliphatic rings. The van der Waals surface area contributed by atoms with Crippen LogP contribution in [0.1, 0.15) is 36.0 Å². The lowest BCUT2D eigenvalue weighted by Gasteiger charge is -2.43. The topological polar surface area (TPSA) is 196 Å². The van der Waals surface area contributed by atoms with E-state index in [2.05, 4.69) is 14.7 Å². The van der Waals surface area contributed by atoms with Crippen LogP contribution in [0.5, 0.6) is 0 Å². The number of benzene rings is 2. The summed E-state index contributed by atoms with van der Waals surface area (Å²) in [4.78, 5) is 75.1. The van der Waals surface area contributed by atoms with Crippen LogP contribution in [-0.4, -0.2) is 231 Å². The van der Waals surface area contributed by atoms with Crippen LogP contribution in [0.25, 0.3) is 0 Å². The summed E-state index contributed by atoms with van der Waals surface area (Å²) in [6.07, 6.45) is 2.42. The highest BCUT2D eigenvalue weighted by molar-refractivity contribution is 5.96. The van der Waals surface area contributed by atoms with Gasteiger partial charge in [-0.2, -0.15) is 0 Å². The van der Waals surface area contributed by atoms with Crippen molar-refractivity contribution in [1.82, 2.24) is 29.4 Å². The third kappa shape index (κ3) is 16.4. The first-order valence-corrected chi connectivity index (χ1v) is 22.3. The standard InChI is InChI=1S/C45H66FN7O11/c46-38-10-8-37(9-11-38)40(54)7-4-14-47-15-12-45(13-16-47)44(61)52(36-53(45)39-5-2-1-3-6-39)26-28-63-30-32-64-31-29-62-27-25-48-17-19-49(33-41(55)56)21-23-51(35-43(59)60)24-22-50(20-18-48)34-42(57)58/h1-3,5-6,8-11H,4,7,12-36H2,(H,55,56)(H,57,58)(H,59,60). The smallest absolute Gasteiger partial charge is 0.317 e. The van der Waals surface area contributed by atoms with E-state index in [1.54, 1.807) is 14.7 Å². The average Bonchev–Trinajstić information content (AvgIpc) is 3.53. The number of nitrogens with zero attached hydrogens (tertiary/aromatic N) is 7. The van der Waals surface area contributed by atoms with Gasteiger partial charge in [-0.05, 0) is 62.2 Å². The molecule has 3 fully saturated rings. The highest BCUT2D eigenvalue weighted by Crippen LogP contribution is 2.39. The highest BCUT2D eigenvalue weighted by atomic mass is 19.1. The average molecular weight is 900 g/mol. The summed E-state index contributed by atoms with van der Waals surface area (Å²) in [6.45, 7) is 8.70. The number of amides is 1. The van der Waals surface area contributed by atoms with Crippen LogP contribution in [0, 0.1) is 5.82 Å². The molecule has 0 saturated carbocycles. The molecule has 3 heterocycles. The van der Waals surface area contributed by atoms with Gasteiger partial charge in [0.1, 0.15) is 11.4 Å². The summed E-state index contributed by atoms with van der Waals surface area (Å²) in [7, 11) is 0. The molecule has 0 atom stereocenters. The molecule has 2 aromatic rings. The Morgan fingerprint density at radius 1 is 0.562 bits per heavy atom. The van der Waals surface area contributed by atoms with Gasteiger partial charge in [-0.3, -0.25) is 43.6 Å². The maximum atomic E-state index is 14.1. The minimum Gasteiger partial charge on any atom is -0.480 e. The first-order valence-electron chi connectivity index (χ1n) is 22.3. The SMILES string of the molecule is O=C(O)CN1CCN(CCOCCOCCOCCN2CN(c3ccccc3)C3(CCN(CCCC(=O)c4ccc(F)cc4)CC3)C2=O)CCN(CC(=O)O)CCN(CC(=O)O)CC1. The van der Waals surface area contributed by atoms with Crippen molar-refractivity contribution in [1.29, 1.82) is 0 Å². The number of ketones is 1. The molecule has 0 unspecified atom stereocenters. The van der Waals surface area contributed by atoms with Gasteiger partial charge in [0.15, 0.2) is 5.78 Å². The fourth-order valence-corrected chi connectivity index (χ4v) is 8.52. The van der Waals surface area contributed by atoms with Crippen molar-refractivity contribution < 1.29 is 57.9 Å². The summed E-state index contributed by atoms with van der Waals surface area (Å²) in [5, 5.41) is 28.3. The lowest BCUT2D eigenvalue weighted by atomic mass is 9.85. The maximum absolute atomic E-state index is 14.1. The second-order valence-corrected chi connectivity index (χ2v) is 16.6. The third-order valence-electron chi connectivity index (χ3n) is 12.1. The molecule has 19 heteroatoms. The Kier molecular flexibility index (Phi) is 20.8. The molecule has 3 N–H and O–H groups in total. The van der Waals surface area contributed by atoms with Crippen molar-refractivity contribution in [2.24, 2.45) is 0 Å². The van der Waals surface area contributed by atoms with Gasteiger partial charge in [0.25, 0.3) is 0 Å². The molecule has 354 valence electrons. The molecule has 1 spiro atoms. The summed E-state index contributed by atoms with van der Waals surface area (Å²) < 4.78 is 30.7. The van der Waals surface area contributed by atoms with Gasteiger partial charge in [0.05, 0.1) is 65.9 Å². The number of halogens is 1. The lowest BCUT2D eigenvalue weighted by molar-refractivity contribution is -0.140. The predicted molar refractivity (Wildman–Crippen MR) is 235 cm³/mol. The Morgan fingerprint density at radius 3 is 1.52 bits per heavy atom. The molecular formula is C45H66FN7O11. The number of hydrogen-bond acceptors (Lipinski definition) is 14. The van der Waals surface area contributed by atoms with Crippen LogP contribution < -0.4 is 4.90 Å². The zero-order valence-electron chi connectivity index (χ0n) is 36.9. The molecule has 64 heavy (non-hydrogen) atoms. The first kappa shape index (κ1) is 50.4. The summed E-state index contributed by atoms with van der Waals surface area (Å²) in [6, 6.07) is 15.7. The number of piperidine rings is 1. The number of ether oxygens (including phenoxy) is 3. The Balaban J connectivity index is 0.985. The minimum absolute atomic E-state index is 0.000845. The second-order valence-electron chi connectivity index (χ2n) is 16.6. The van der Waals surface area contributed by atoms with E-state index in [1.807, 2.05) is 35.2 Å². The number of anilines is 1. The number of aliphatic carboxylic acids is 3. The zero-order chi connectivity index (χ0) is 45.7. The molecular weight excluding hydrogens is 834 g/mol. The summed E-state index contributed by atoms with van der Waals surface area (Å²) in [5.74, 6) is -3.19. The van der Waals surface area contributed by atoms with E-state index in [0.717, 1.165) is 25.3 Å². The number of hydrogen-bond donors (Lipinski definition) is 3. The number of carbonyl (C=O) groups is 5. The van der Waals surface area contributed by atoms with Gasteiger partial charge in [0, 0.05) is 96.2 Å². The van der Waals surface area contributed by atoms with Crippen LogP contribution in [-0.2, 0) is 33.4 Å². The van der Waals surface area contributed by atoms with Gasteiger partial charge >= 0.3 is 17.9 Å². The van der Waals surface area contributed by atoms with Gasteiger partial charge in [-0.25, -0.2) is 4.39 Å².